The van der Waals surface area contributed by atoms with Crippen molar-refractivity contribution in [1.82, 2.24) is 4.90 Å². The van der Waals surface area contributed by atoms with Gasteiger partial charge in [-0.1, -0.05) is 36.4 Å². The minimum Gasteiger partial charge on any atom is -0.489 e. The second kappa shape index (κ2) is 9.85. The average molecular weight is 462 g/mol. The standard InChI is InChI=1S/C28H28FNO4/c29-23-8-4-6-21(16-23)19-32-25-11-5-7-22(17-25)27(31)30-14-12-28(13-15-30)18-26(20-33-28)34-24-9-2-1-3-10-24/h1-11,16-17,26H,12-15,18-20H2/t26-/m0/s1. The molecule has 34 heavy (non-hydrogen) atoms. The van der Waals surface area contributed by atoms with E-state index in [1.54, 1.807) is 24.3 Å². The molecule has 0 bridgehead atoms. The number of amides is 1. The molecular formula is C28H28FNO4. The van der Waals surface area contributed by atoms with E-state index in [0.29, 0.717) is 31.0 Å². The minimum atomic E-state index is -0.294. The summed E-state index contributed by atoms with van der Waals surface area (Å²) in [6.07, 6.45) is 2.47. The van der Waals surface area contributed by atoms with Crippen LogP contribution < -0.4 is 9.47 Å². The maximum absolute atomic E-state index is 13.4. The van der Waals surface area contributed by atoms with Gasteiger partial charge in [-0.3, -0.25) is 4.79 Å². The van der Waals surface area contributed by atoms with Crippen LogP contribution in [0.1, 0.15) is 35.2 Å². The molecule has 3 aromatic rings. The number of hydrogen-bond donors (Lipinski definition) is 0. The van der Waals surface area contributed by atoms with Gasteiger partial charge in [0.05, 0.1) is 12.2 Å². The predicted octanol–water partition coefficient (Wildman–Crippen LogP) is 5.25. The Bertz CT molecular complexity index is 1130. The highest BCUT2D eigenvalue weighted by molar-refractivity contribution is 5.94. The van der Waals surface area contributed by atoms with E-state index in [0.717, 1.165) is 30.6 Å². The third-order valence-corrected chi connectivity index (χ3v) is 6.56. The van der Waals surface area contributed by atoms with Crippen molar-refractivity contribution in [2.75, 3.05) is 19.7 Å². The molecule has 2 saturated heterocycles. The highest BCUT2D eigenvalue weighted by atomic mass is 19.1. The van der Waals surface area contributed by atoms with Gasteiger partial charge in [-0.25, -0.2) is 4.39 Å². The summed E-state index contributed by atoms with van der Waals surface area (Å²) in [6, 6.07) is 23.3. The molecule has 6 heteroatoms. The maximum Gasteiger partial charge on any atom is 0.253 e. The fourth-order valence-electron chi connectivity index (χ4n) is 4.73. The summed E-state index contributed by atoms with van der Waals surface area (Å²) < 4.78 is 31.4. The molecule has 3 aromatic carbocycles. The summed E-state index contributed by atoms with van der Waals surface area (Å²) in [7, 11) is 0. The van der Waals surface area contributed by atoms with Gasteiger partial charge in [-0.05, 0) is 60.9 Å². The molecule has 0 aromatic heterocycles. The first-order valence-corrected chi connectivity index (χ1v) is 11.7. The molecule has 0 unspecified atom stereocenters. The molecule has 2 fully saturated rings. The van der Waals surface area contributed by atoms with E-state index in [1.165, 1.54) is 12.1 Å². The average Bonchev–Trinajstić information content (AvgIpc) is 3.25. The van der Waals surface area contributed by atoms with E-state index in [2.05, 4.69) is 0 Å². The number of rotatable bonds is 6. The minimum absolute atomic E-state index is 0.0128. The van der Waals surface area contributed by atoms with Crippen LogP contribution in [0.4, 0.5) is 4.39 Å². The molecule has 1 atom stereocenters. The zero-order chi connectivity index (χ0) is 23.4. The Balaban J connectivity index is 1.15. The van der Waals surface area contributed by atoms with Crippen molar-refractivity contribution in [3.63, 3.8) is 0 Å². The summed E-state index contributed by atoms with van der Waals surface area (Å²) in [5.41, 5.74) is 1.11. The highest BCUT2D eigenvalue weighted by Crippen LogP contribution is 2.37. The summed E-state index contributed by atoms with van der Waals surface area (Å²) >= 11 is 0. The van der Waals surface area contributed by atoms with E-state index in [4.69, 9.17) is 14.2 Å². The lowest BCUT2D eigenvalue weighted by molar-refractivity contribution is -0.0395. The fourth-order valence-corrected chi connectivity index (χ4v) is 4.73. The van der Waals surface area contributed by atoms with Crippen molar-refractivity contribution in [3.8, 4) is 11.5 Å². The molecule has 2 heterocycles. The van der Waals surface area contributed by atoms with Crippen molar-refractivity contribution in [2.24, 2.45) is 0 Å². The van der Waals surface area contributed by atoms with Crippen LogP contribution in [0, 0.1) is 5.82 Å². The number of para-hydroxylation sites is 1. The Morgan fingerprint density at radius 1 is 0.971 bits per heavy atom. The van der Waals surface area contributed by atoms with Crippen LogP contribution in [0.25, 0.3) is 0 Å². The molecule has 1 amide bonds. The molecule has 5 nitrogen and oxygen atoms in total. The zero-order valence-corrected chi connectivity index (χ0v) is 19.0. The van der Waals surface area contributed by atoms with Gasteiger partial charge in [0.1, 0.15) is 30.0 Å². The fraction of sp³-hybridized carbons (Fsp3) is 0.321. The number of hydrogen-bond acceptors (Lipinski definition) is 4. The number of ether oxygens (including phenoxy) is 3. The maximum atomic E-state index is 13.4. The van der Waals surface area contributed by atoms with E-state index in [9.17, 15) is 9.18 Å². The molecule has 0 N–H and O–H groups in total. The summed E-state index contributed by atoms with van der Waals surface area (Å²) in [5.74, 6) is 1.14. The molecule has 2 aliphatic heterocycles. The number of halogens is 1. The molecule has 0 radical (unpaired) electrons. The molecule has 1 spiro atoms. The Morgan fingerprint density at radius 2 is 1.74 bits per heavy atom. The second-order valence-electron chi connectivity index (χ2n) is 8.99. The number of nitrogens with zero attached hydrogens (tertiary/aromatic N) is 1. The SMILES string of the molecule is O=C(c1cccc(OCc2cccc(F)c2)c1)N1CCC2(CC1)C[C@H](Oc1ccccc1)CO2. The number of carbonyl (C=O) groups excluding carboxylic acids is 1. The number of likely N-dealkylation sites (tertiary alicyclic amines) is 1. The quantitative estimate of drug-likeness (QED) is 0.503. The van der Waals surface area contributed by atoms with Crippen molar-refractivity contribution >= 4 is 5.91 Å². The van der Waals surface area contributed by atoms with Crippen molar-refractivity contribution in [1.29, 1.82) is 0 Å². The first-order valence-electron chi connectivity index (χ1n) is 11.7. The Morgan fingerprint density at radius 3 is 2.53 bits per heavy atom. The first-order chi connectivity index (χ1) is 16.6. The third kappa shape index (κ3) is 5.23. The van der Waals surface area contributed by atoms with Gasteiger partial charge in [0.2, 0.25) is 0 Å². The van der Waals surface area contributed by atoms with Crippen LogP contribution in [0.15, 0.2) is 78.9 Å². The normalized spacial score (nSPS) is 19.2. The molecular weight excluding hydrogens is 433 g/mol. The molecule has 0 aliphatic carbocycles. The van der Waals surface area contributed by atoms with Gasteiger partial charge >= 0.3 is 0 Å². The van der Waals surface area contributed by atoms with Gasteiger partial charge in [-0.15, -0.1) is 0 Å². The molecule has 176 valence electrons. The first kappa shape index (κ1) is 22.4. The Labute approximate surface area is 199 Å². The molecule has 5 rings (SSSR count). The van der Waals surface area contributed by atoms with Gasteiger partial charge in [-0.2, -0.15) is 0 Å². The topological polar surface area (TPSA) is 48.0 Å². The van der Waals surface area contributed by atoms with Crippen LogP contribution in [0.5, 0.6) is 11.5 Å². The number of benzene rings is 3. The van der Waals surface area contributed by atoms with Crippen LogP contribution in [-0.4, -0.2) is 42.2 Å². The van der Waals surface area contributed by atoms with Crippen LogP contribution in [0.2, 0.25) is 0 Å². The van der Waals surface area contributed by atoms with E-state index < -0.39 is 0 Å². The van der Waals surface area contributed by atoms with E-state index in [1.807, 2.05) is 47.4 Å². The summed E-state index contributed by atoms with van der Waals surface area (Å²) in [5, 5.41) is 0. The second-order valence-corrected chi connectivity index (χ2v) is 8.99. The molecule has 0 saturated carbocycles. The monoisotopic (exact) mass is 461 g/mol. The van der Waals surface area contributed by atoms with Gasteiger partial charge < -0.3 is 19.1 Å². The van der Waals surface area contributed by atoms with E-state index in [-0.39, 0.29) is 30.0 Å². The lowest BCUT2D eigenvalue weighted by atomic mass is 9.87. The van der Waals surface area contributed by atoms with Crippen molar-refractivity contribution in [2.45, 2.75) is 37.6 Å². The lowest BCUT2D eigenvalue weighted by Crippen LogP contribution is -2.46. The third-order valence-electron chi connectivity index (χ3n) is 6.56. The van der Waals surface area contributed by atoms with Crippen molar-refractivity contribution in [3.05, 3.63) is 95.8 Å². The Hall–Kier alpha value is -3.38. The zero-order valence-electron chi connectivity index (χ0n) is 19.0. The largest absolute Gasteiger partial charge is 0.489 e. The smallest absolute Gasteiger partial charge is 0.253 e. The van der Waals surface area contributed by atoms with Crippen LogP contribution >= 0.6 is 0 Å². The molecule has 2 aliphatic rings. The summed E-state index contributed by atoms with van der Waals surface area (Å²) in [6.45, 7) is 2.11. The number of carbonyl (C=O) groups is 1. The summed E-state index contributed by atoms with van der Waals surface area (Å²) in [4.78, 5) is 15.0. The van der Waals surface area contributed by atoms with Gasteiger partial charge in [0.15, 0.2) is 0 Å². The van der Waals surface area contributed by atoms with Crippen molar-refractivity contribution < 1.29 is 23.4 Å². The Kier molecular flexibility index (Phi) is 6.50. The van der Waals surface area contributed by atoms with Gasteiger partial charge in [0.25, 0.3) is 5.91 Å². The van der Waals surface area contributed by atoms with Crippen LogP contribution in [-0.2, 0) is 11.3 Å². The van der Waals surface area contributed by atoms with Crippen LogP contribution in [0.3, 0.4) is 0 Å². The number of piperidine rings is 1. The predicted molar refractivity (Wildman–Crippen MR) is 126 cm³/mol. The highest BCUT2D eigenvalue weighted by Gasteiger charge is 2.44. The van der Waals surface area contributed by atoms with Gasteiger partial charge in [0, 0.05) is 25.1 Å². The van der Waals surface area contributed by atoms with E-state index >= 15 is 0 Å². The lowest BCUT2D eigenvalue weighted by Gasteiger charge is -2.38.